The van der Waals surface area contributed by atoms with Crippen molar-refractivity contribution in [2.24, 2.45) is 0 Å². The smallest absolute Gasteiger partial charge is 0.243 e. The van der Waals surface area contributed by atoms with Crippen molar-refractivity contribution in [2.75, 3.05) is 6.54 Å². The molecule has 0 atom stereocenters. The number of rotatable bonds is 2. The number of hydrogen-bond acceptors (Lipinski definition) is 4. The molecule has 128 valence electrons. The van der Waals surface area contributed by atoms with Crippen molar-refractivity contribution in [3.8, 4) is 0 Å². The SMILES string of the molecule is Cc1ccc(F)cc1S(=O)(=O)N1CCc2nc3ccncc3cc2C1. The van der Waals surface area contributed by atoms with Gasteiger partial charge in [-0.3, -0.25) is 9.97 Å². The van der Waals surface area contributed by atoms with Gasteiger partial charge in [0.2, 0.25) is 10.0 Å². The van der Waals surface area contributed by atoms with Gasteiger partial charge in [0, 0.05) is 43.0 Å². The molecule has 4 rings (SSSR count). The number of halogens is 1. The topological polar surface area (TPSA) is 63.2 Å². The Kier molecular flexibility index (Phi) is 3.77. The standard InChI is InChI=1S/C18H16FN3O2S/c1-12-2-3-15(19)9-18(12)25(23,24)22-7-5-17-14(11-22)8-13-10-20-6-4-16(13)21-17/h2-4,6,8-10H,5,7,11H2,1H3. The van der Waals surface area contributed by atoms with Crippen LogP contribution in [0.1, 0.15) is 16.8 Å². The van der Waals surface area contributed by atoms with Crippen LogP contribution in [0.3, 0.4) is 0 Å². The monoisotopic (exact) mass is 357 g/mol. The van der Waals surface area contributed by atoms with Gasteiger partial charge in [-0.05, 0) is 42.3 Å². The molecule has 3 aromatic rings. The van der Waals surface area contributed by atoms with Crippen molar-refractivity contribution in [1.82, 2.24) is 14.3 Å². The van der Waals surface area contributed by atoms with Crippen LogP contribution in [0.15, 0.2) is 47.6 Å². The molecule has 0 fully saturated rings. The molecule has 0 radical (unpaired) electrons. The normalized spacial score (nSPS) is 15.3. The van der Waals surface area contributed by atoms with Crippen molar-refractivity contribution < 1.29 is 12.8 Å². The number of nitrogens with zero attached hydrogens (tertiary/aromatic N) is 3. The second-order valence-corrected chi connectivity index (χ2v) is 8.07. The minimum Gasteiger partial charge on any atom is -0.264 e. The van der Waals surface area contributed by atoms with Gasteiger partial charge in [0.05, 0.1) is 10.4 Å². The molecule has 0 bridgehead atoms. The predicted molar refractivity (Wildman–Crippen MR) is 92.0 cm³/mol. The van der Waals surface area contributed by atoms with Gasteiger partial charge in [-0.1, -0.05) is 6.07 Å². The van der Waals surface area contributed by atoms with Gasteiger partial charge < -0.3 is 0 Å². The van der Waals surface area contributed by atoms with Gasteiger partial charge in [0.15, 0.2) is 0 Å². The molecular formula is C18H16FN3O2S. The van der Waals surface area contributed by atoms with Gasteiger partial charge in [0.25, 0.3) is 0 Å². The van der Waals surface area contributed by atoms with Crippen molar-refractivity contribution in [3.63, 3.8) is 0 Å². The average molecular weight is 357 g/mol. The molecule has 1 aromatic carbocycles. The van der Waals surface area contributed by atoms with E-state index < -0.39 is 15.8 Å². The molecular weight excluding hydrogens is 341 g/mol. The molecule has 2 aromatic heterocycles. The number of hydrogen-bond donors (Lipinski definition) is 0. The van der Waals surface area contributed by atoms with E-state index in [-0.39, 0.29) is 11.4 Å². The van der Waals surface area contributed by atoms with Crippen LogP contribution in [-0.2, 0) is 23.0 Å². The zero-order valence-electron chi connectivity index (χ0n) is 13.6. The summed E-state index contributed by atoms with van der Waals surface area (Å²) in [6.45, 7) is 2.23. The first-order chi connectivity index (χ1) is 11.9. The Bertz CT molecular complexity index is 1080. The Morgan fingerprint density at radius 1 is 1.20 bits per heavy atom. The van der Waals surface area contributed by atoms with E-state index in [1.807, 2.05) is 12.1 Å². The van der Waals surface area contributed by atoms with Gasteiger partial charge in [-0.15, -0.1) is 0 Å². The maximum absolute atomic E-state index is 13.6. The van der Waals surface area contributed by atoms with E-state index in [0.717, 1.165) is 28.2 Å². The largest absolute Gasteiger partial charge is 0.264 e. The second-order valence-electron chi connectivity index (χ2n) is 6.16. The van der Waals surface area contributed by atoms with Gasteiger partial charge in [-0.2, -0.15) is 4.31 Å². The second kappa shape index (κ2) is 5.86. The minimum absolute atomic E-state index is 0.0198. The maximum Gasteiger partial charge on any atom is 0.243 e. The Hall–Kier alpha value is -2.38. The average Bonchev–Trinajstić information content (AvgIpc) is 2.61. The van der Waals surface area contributed by atoms with E-state index in [4.69, 9.17) is 0 Å². The first-order valence-corrected chi connectivity index (χ1v) is 9.38. The van der Waals surface area contributed by atoms with Gasteiger partial charge >= 0.3 is 0 Å². The Balaban J connectivity index is 1.74. The summed E-state index contributed by atoms with van der Waals surface area (Å²) in [5.74, 6) is -0.555. The molecule has 25 heavy (non-hydrogen) atoms. The molecule has 0 N–H and O–H groups in total. The van der Waals surface area contributed by atoms with Crippen LogP contribution < -0.4 is 0 Å². The first kappa shape index (κ1) is 16.1. The van der Waals surface area contributed by atoms with Crippen molar-refractivity contribution in [1.29, 1.82) is 0 Å². The Morgan fingerprint density at radius 3 is 2.88 bits per heavy atom. The molecule has 5 nitrogen and oxygen atoms in total. The van der Waals surface area contributed by atoms with E-state index in [9.17, 15) is 12.8 Å². The minimum atomic E-state index is -3.76. The van der Waals surface area contributed by atoms with Crippen LogP contribution in [0, 0.1) is 12.7 Å². The molecule has 0 aliphatic carbocycles. The number of aryl methyl sites for hydroxylation is 1. The Labute approximate surface area is 145 Å². The van der Waals surface area contributed by atoms with E-state index in [0.29, 0.717) is 18.5 Å². The number of aromatic nitrogens is 2. The molecule has 1 aliphatic heterocycles. The van der Waals surface area contributed by atoms with Crippen LogP contribution in [0.25, 0.3) is 10.9 Å². The maximum atomic E-state index is 13.6. The number of pyridine rings is 2. The predicted octanol–water partition coefficient (Wildman–Crippen LogP) is 2.82. The van der Waals surface area contributed by atoms with Crippen molar-refractivity contribution in [3.05, 3.63) is 65.4 Å². The van der Waals surface area contributed by atoms with Crippen LogP contribution in [0.2, 0.25) is 0 Å². The summed E-state index contributed by atoms with van der Waals surface area (Å²) < 4.78 is 40.9. The van der Waals surface area contributed by atoms with Crippen LogP contribution in [-0.4, -0.2) is 29.2 Å². The lowest BCUT2D eigenvalue weighted by Gasteiger charge is -2.28. The lowest BCUT2D eigenvalue weighted by Crippen LogP contribution is -2.36. The summed E-state index contributed by atoms with van der Waals surface area (Å²) in [4.78, 5) is 8.72. The van der Waals surface area contributed by atoms with Crippen LogP contribution >= 0.6 is 0 Å². The fourth-order valence-corrected chi connectivity index (χ4v) is 4.80. The van der Waals surface area contributed by atoms with Gasteiger partial charge in [0.1, 0.15) is 5.82 Å². The van der Waals surface area contributed by atoms with E-state index in [1.54, 1.807) is 19.3 Å². The molecule has 0 saturated carbocycles. The Morgan fingerprint density at radius 2 is 2.04 bits per heavy atom. The highest BCUT2D eigenvalue weighted by Crippen LogP contribution is 2.28. The molecule has 1 aliphatic rings. The molecule has 0 unspecified atom stereocenters. The summed E-state index contributed by atoms with van der Waals surface area (Å²) in [5, 5.41) is 0.877. The third kappa shape index (κ3) is 2.79. The van der Waals surface area contributed by atoms with Crippen LogP contribution in [0.4, 0.5) is 4.39 Å². The first-order valence-electron chi connectivity index (χ1n) is 7.94. The lowest BCUT2D eigenvalue weighted by molar-refractivity contribution is 0.388. The number of benzene rings is 1. The fraction of sp³-hybridized carbons (Fsp3) is 0.222. The molecule has 0 amide bonds. The van der Waals surface area contributed by atoms with Crippen molar-refractivity contribution in [2.45, 2.75) is 24.8 Å². The van der Waals surface area contributed by atoms with E-state index in [2.05, 4.69) is 9.97 Å². The summed E-state index contributed by atoms with van der Waals surface area (Å²) in [5.41, 5.74) is 3.16. The van der Waals surface area contributed by atoms with Gasteiger partial charge in [-0.25, -0.2) is 12.8 Å². The molecule has 7 heteroatoms. The zero-order valence-corrected chi connectivity index (χ0v) is 14.4. The summed E-state index contributed by atoms with van der Waals surface area (Å²) in [6, 6.07) is 7.62. The highest BCUT2D eigenvalue weighted by molar-refractivity contribution is 7.89. The fourth-order valence-electron chi connectivity index (χ4n) is 3.15. The molecule has 3 heterocycles. The van der Waals surface area contributed by atoms with E-state index in [1.165, 1.54) is 16.4 Å². The molecule has 0 saturated heterocycles. The third-order valence-electron chi connectivity index (χ3n) is 4.50. The highest BCUT2D eigenvalue weighted by Gasteiger charge is 2.30. The summed E-state index contributed by atoms with van der Waals surface area (Å²) in [6.07, 6.45) is 3.93. The third-order valence-corrected chi connectivity index (χ3v) is 6.48. The summed E-state index contributed by atoms with van der Waals surface area (Å²) in [7, 11) is -3.76. The molecule has 0 spiro atoms. The van der Waals surface area contributed by atoms with E-state index >= 15 is 0 Å². The quantitative estimate of drug-likeness (QED) is 0.707. The number of fused-ring (bicyclic) bond motifs is 2. The zero-order chi connectivity index (χ0) is 17.6. The lowest BCUT2D eigenvalue weighted by atomic mass is 10.1. The van der Waals surface area contributed by atoms with Crippen LogP contribution in [0.5, 0.6) is 0 Å². The van der Waals surface area contributed by atoms with Crippen molar-refractivity contribution >= 4 is 20.9 Å². The highest BCUT2D eigenvalue weighted by atomic mass is 32.2. The summed E-state index contributed by atoms with van der Waals surface area (Å²) >= 11 is 0. The number of sulfonamides is 1.